The van der Waals surface area contributed by atoms with E-state index >= 15 is 0 Å². The van der Waals surface area contributed by atoms with E-state index in [0.717, 1.165) is 25.1 Å². The highest BCUT2D eigenvalue weighted by molar-refractivity contribution is 5.28. The second kappa shape index (κ2) is 4.91. The average Bonchev–Trinajstić information content (AvgIpc) is 3.13. The molecule has 0 atom stereocenters. The minimum atomic E-state index is 0.641. The molecule has 3 heteroatoms. The SMILES string of the molecule is CCc1nc(C2CC2)nc(CC)c1CCN. The predicted molar refractivity (Wildman–Crippen MR) is 65.5 cm³/mol. The largest absolute Gasteiger partial charge is 0.330 e. The molecule has 2 rings (SSSR count). The molecule has 1 aromatic rings. The molecule has 0 bridgehead atoms. The molecular formula is C13H21N3. The Morgan fingerprint density at radius 1 is 1.12 bits per heavy atom. The monoisotopic (exact) mass is 219 g/mol. The van der Waals surface area contributed by atoms with Crippen LogP contribution in [-0.4, -0.2) is 16.5 Å². The zero-order valence-corrected chi connectivity index (χ0v) is 10.3. The van der Waals surface area contributed by atoms with Gasteiger partial charge in [-0.15, -0.1) is 0 Å². The summed E-state index contributed by atoms with van der Waals surface area (Å²) < 4.78 is 0. The number of hydrogen-bond acceptors (Lipinski definition) is 3. The zero-order valence-electron chi connectivity index (χ0n) is 10.3. The van der Waals surface area contributed by atoms with Gasteiger partial charge in [-0.3, -0.25) is 0 Å². The Balaban J connectivity index is 2.40. The summed E-state index contributed by atoms with van der Waals surface area (Å²) in [7, 11) is 0. The van der Waals surface area contributed by atoms with Crippen molar-refractivity contribution in [2.75, 3.05) is 6.54 Å². The Morgan fingerprint density at radius 3 is 2.06 bits per heavy atom. The summed E-state index contributed by atoms with van der Waals surface area (Å²) in [5, 5.41) is 0. The van der Waals surface area contributed by atoms with Crippen LogP contribution in [0.15, 0.2) is 0 Å². The van der Waals surface area contributed by atoms with Crippen LogP contribution in [0.1, 0.15) is 55.4 Å². The van der Waals surface area contributed by atoms with Crippen molar-refractivity contribution in [2.45, 2.75) is 51.9 Å². The van der Waals surface area contributed by atoms with Crippen LogP contribution in [0.5, 0.6) is 0 Å². The smallest absolute Gasteiger partial charge is 0.131 e. The quantitative estimate of drug-likeness (QED) is 0.824. The molecule has 1 aliphatic carbocycles. The third-order valence-electron chi connectivity index (χ3n) is 3.20. The normalized spacial score (nSPS) is 15.4. The van der Waals surface area contributed by atoms with Crippen LogP contribution < -0.4 is 5.73 Å². The van der Waals surface area contributed by atoms with Crippen molar-refractivity contribution in [1.29, 1.82) is 0 Å². The first kappa shape index (κ1) is 11.5. The Hall–Kier alpha value is -0.960. The van der Waals surface area contributed by atoms with Crippen LogP contribution in [0.3, 0.4) is 0 Å². The summed E-state index contributed by atoms with van der Waals surface area (Å²) in [5.74, 6) is 1.72. The molecule has 1 saturated carbocycles. The van der Waals surface area contributed by atoms with E-state index in [-0.39, 0.29) is 0 Å². The van der Waals surface area contributed by atoms with Gasteiger partial charge in [-0.25, -0.2) is 9.97 Å². The Labute approximate surface area is 97.5 Å². The van der Waals surface area contributed by atoms with Gasteiger partial charge in [-0.05, 0) is 44.2 Å². The summed E-state index contributed by atoms with van der Waals surface area (Å²) in [6.45, 7) is 5.02. The van der Waals surface area contributed by atoms with Gasteiger partial charge in [0.2, 0.25) is 0 Å². The van der Waals surface area contributed by atoms with Crippen molar-refractivity contribution in [3.63, 3.8) is 0 Å². The zero-order chi connectivity index (χ0) is 11.5. The average molecular weight is 219 g/mol. The molecule has 1 fully saturated rings. The first-order chi connectivity index (χ1) is 7.80. The second-order valence-corrected chi connectivity index (χ2v) is 4.47. The van der Waals surface area contributed by atoms with E-state index < -0.39 is 0 Å². The molecular weight excluding hydrogens is 198 g/mol. The number of aryl methyl sites for hydroxylation is 2. The lowest BCUT2D eigenvalue weighted by molar-refractivity contribution is 0.790. The summed E-state index contributed by atoms with van der Waals surface area (Å²) in [5.41, 5.74) is 9.41. The second-order valence-electron chi connectivity index (χ2n) is 4.47. The highest BCUT2D eigenvalue weighted by atomic mass is 14.9. The molecule has 1 aromatic heterocycles. The topological polar surface area (TPSA) is 51.8 Å². The molecule has 0 aromatic carbocycles. The van der Waals surface area contributed by atoms with Gasteiger partial charge < -0.3 is 5.73 Å². The lowest BCUT2D eigenvalue weighted by Crippen LogP contribution is -2.13. The van der Waals surface area contributed by atoms with Crippen LogP contribution >= 0.6 is 0 Å². The Kier molecular flexibility index (Phi) is 3.54. The fraction of sp³-hybridized carbons (Fsp3) is 0.692. The molecule has 0 saturated heterocycles. The van der Waals surface area contributed by atoms with E-state index in [1.807, 2.05) is 0 Å². The van der Waals surface area contributed by atoms with Crippen LogP contribution in [0.4, 0.5) is 0 Å². The van der Waals surface area contributed by atoms with Gasteiger partial charge in [0.1, 0.15) is 5.82 Å². The molecule has 0 radical (unpaired) electrons. The van der Waals surface area contributed by atoms with Crippen molar-refractivity contribution in [2.24, 2.45) is 5.73 Å². The summed E-state index contributed by atoms with van der Waals surface area (Å²) >= 11 is 0. The van der Waals surface area contributed by atoms with Gasteiger partial charge >= 0.3 is 0 Å². The van der Waals surface area contributed by atoms with E-state index in [9.17, 15) is 0 Å². The number of nitrogens with two attached hydrogens (primary N) is 1. The van der Waals surface area contributed by atoms with Gasteiger partial charge in [-0.2, -0.15) is 0 Å². The fourth-order valence-corrected chi connectivity index (χ4v) is 2.14. The standard InChI is InChI=1S/C13H21N3/c1-3-11-10(7-8-14)12(4-2)16-13(15-11)9-5-6-9/h9H,3-8,14H2,1-2H3. The number of hydrogen-bond donors (Lipinski definition) is 1. The Bertz CT molecular complexity index is 344. The maximum Gasteiger partial charge on any atom is 0.131 e. The van der Waals surface area contributed by atoms with Crippen molar-refractivity contribution in [3.8, 4) is 0 Å². The summed E-state index contributed by atoms with van der Waals surface area (Å²) in [6, 6.07) is 0. The van der Waals surface area contributed by atoms with Gasteiger partial charge in [0.05, 0.1) is 0 Å². The molecule has 1 aliphatic rings. The molecule has 0 unspecified atom stereocenters. The van der Waals surface area contributed by atoms with Gasteiger partial charge in [0.15, 0.2) is 0 Å². The molecule has 88 valence electrons. The van der Waals surface area contributed by atoms with Crippen LogP contribution in [0.2, 0.25) is 0 Å². The molecule has 0 aliphatic heterocycles. The minimum Gasteiger partial charge on any atom is -0.330 e. The predicted octanol–water partition coefficient (Wildman–Crippen LogP) is 1.98. The van der Waals surface area contributed by atoms with E-state index in [0.29, 0.717) is 12.5 Å². The van der Waals surface area contributed by atoms with Crippen LogP contribution in [0.25, 0.3) is 0 Å². The van der Waals surface area contributed by atoms with Crippen LogP contribution in [0, 0.1) is 0 Å². The lowest BCUT2D eigenvalue weighted by atomic mass is 10.0. The first-order valence-electron chi connectivity index (χ1n) is 6.38. The molecule has 3 nitrogen and oxygen atoms in total. The maximum atomic E-state index is 5.66. The number of nitrogens with zero attached hydrogens (tertiary/aromatic N) is 2. The Morgan fingerprint density at radius 2 is 1.69 bits per heavy atom. The molecule has 1 heterocycles. The van der Waals surface area contributed by atoms with E-state index in [1.165, 1.54) is 29.8 Å². The highest BCUT2D eigenvalue weighted by Gasteiger charge is 2.27. The summed E-state index contributed by atoms with van der Waals surface area (Å²) in [6.07, 6.45) is 5.43. The third-order valence-corrected chi connectivity index (χ3v) is 3.20. The van der Waals surface area contributed by atoms with E-state index in [1.54, 1.807) is 0 Å². The van der Waals surface area contributed by atoms with Crippen molar-refractivity contribution < 1.29 is 0 Å². The third kappa shape index (κ3) is 2.24. The van der Waals surface area contributed by atoms with E-state index in [4.69, 9.17) is 15.7 Å². The summed E-state index contributed by atoms with van der Waals surface area (Å²) in [4.78, 5) is 9.43. The van der Waals surface area contributed by atoms with Gasteiger partial charge in [-0.1, -0.05) is 13.8 Å². The highest BCUT2D eigenvalue weighted by Crippen LogP contribution is 2.38. The molecule has 0 spiro atoms. The van der Waals surface area contributed by atoms with Crippen molar-refractivity contribution >= 4 is 0 Å². The van der Waals surface area contributed by atoms with Gasteiger partial charge in [0, 0.05) is 17.3 Å². The molecule has 16 heavy (non-hydrogen) atoms. The van der Waals surface area contributed by atoms with Crippen LogP contribution in [-0.2, 0) is 19.3 Å². The number of rotatable bonds is 5. The lowest BCUT2D eigenvalue weighted by Gasteiger charge is -2.12. The van der Waals surface area contributed by atoms with Crippen molar-refractivity contribution in [3.05, 3.63) is 22.8 Å². The number of aromatic nitrogens is 2. The van der Waals surface area contributed by atoms with Crippen molar-refractivity contribution in [1.82, 2.24) is 9.97 Å². The maximum absolute atomic E-state index is 5.66. The van der Waals surface area contributed by atoms with Gasteiger partial charge in [0.25, 0.3) is 0 Å². The van der Waals surface area contributed by atoms with E-state index in [2.05, 4.69) is 13.8 Å². The molecule has 2 N–H and O–H groups in total. The molecule has 0 amide bonds. The fourth-order valence-electron chi connectivity index (χ4n) is 2.14. The first-order valence-corrected chi connectivity index (χ1v) is 6.38. The minimum absolute atomic E-state index is 0.641.